The lowest BCUT2D eigenvalue weighted by atomic mass is 10.1. The summed E-state index contributed by atoms with van der Waals surface area (Å²) in [5, 5.41) is 34.1. The minimum absolute atomic E-state index is 0.119. The zero-order valence-electron chi connectivity index (χ0n) is 22.2. The molecule has 4 N–H and O–H groups in total. The van der Waals surface area contributed by atoms with Gasteiger partial charge in [0, 0.05) is 25.5 Å². The number of nitrogens with one attached hydrogen (secondary N) is 2. The molecule has 204 valence electrons. The molecule has 4 heterocycles. The normalized spacial score (nSPS) is 17.5. The van der Waals surface area contributed by atoms with E-state index in [0.717, 1.165) is 5.69 Å². The van der Waals surface area contributed by atoms with Gasteiger partial charge in [0.2, 0.25) is 0 Å². The molecule has 2 aliphatic heterocycles. The Kier molecular flexibility index (Phi) is 8.48. The first-order valence-corrected chi connectivity index (χ1v) is 11.8. The second-order valence-corrected chi connectivity index (χ2v) is 8.81. The van der Waals surface area contributed by atoms with E-state index in [1.54, 1.807) is 47.9 Å². The molecular formula is C24H32N8O6. The van der Waals surface area contributed by atoms with Crippen LogP contribution in [0, 0.1) is 13.8 Å². The maximum atomic E-state index is 12.2. The van der Waals surface area contributed by atoms with Crippen LogP contribution in [-0.4, -0.2) is 89.8 Å². The van der Waals surface area contributed by atoms with Gasteiger partial charge in [0.05, 0.1) is 60.0 Å². The highest BCUT2D eigenvalue weighted by Crippen LogP contribution is 2.18. The molecule has 14 nitrogen and oxygen atoms in total. The molecule has 0 bridgehead atoms. The molecule has 2 aromatic rings. The Morgan fingerprint density at radius 1 is 0.737 bits per heavy atom. The summed E-state index contributed by atoms with van der Waals surface area (Å²) in [5.74, 6) is -0.527. The maximum absolute atomic E-state index is 12.2. The number of carbonyl (C=O) groups excluding carboxylic acids is 2. The van der Waals surface area contributed by atoms with Crippen LogP contribution < -0.4 is 11.1 Å². The Morgan fingerprint density at radius 2 is 1.26 bits per heavy atom. The molecular weight excluding hydrogens is 496 g/mol. The number of rotatable bonds is 6. The van der Waals surface area contributed by atoms with Gasteiger partial charge in [0.15, 0.2) is 0 Å². The van der Waals surface area contributed by atoms with Crippen LogP contribution in [0.2, 0.25) is 0 Å². The number of β-amino-alcohol motifs (C(OH)–C–C–N with tert-alkyl or cyclic N) is 1. The van der Waals surface area contributed by atoms with Gasteiger partial charge < -0.3 is 10.2 Å². The van der Waals surface area contributed by atoms with Gasteiger partial charge in [-0.05, 0) is 39.8 Å². The number of aliphatic hydroxyl groups is 2. The third kappa shape index (κ3) is 5.50. The fraction of sp³-hybridized carbons (Fsp3) is 0.417. The minimum Gasteiger partial charge on any atom is -0.394 e. The summed E-state index contributed by atoms with van der Waals surface area (Å²) in [6.07, 6.45) is 3.10. The monoisotopic (exact) mass is 528 g/mol. The molecule has 38 heavy (non-hydrogen) atoms. The van der Waals surface area contributed by atoms with E-state index in [9.17, 15) is 19.2 Å². The highest BCUT2D eigenvalue weighted by molar-refractivity contribution is 6.27. The first-order valence-electron chi connectivity index (χ1n) is 11.8. The van der Waals surface area contributed by atoms with Crippen molar-refractivity contribution >= 4 is 35.4 Å². The average molecular weight is 529 g/mol. The van der Waals surface area contributed by atoms with E-state index in [4.69, 9.17) is 10.2 Å². The fourth-order valence-electron chi connectivity index (χ4n) is 4.02. The summed E-state index contributed by atoms with van der Waals surface area (Å²) in [6, 6.07) is 0. The average Bonchev–Trinajstić information content (AvgIpc) is 3.46. The van der Waals surface area contributed by atoms with Crippen LogP contribution in [0.3, 0.4) is 0 Å². The van der Waals surface area contributed by atoms with Crippen LogP contribution in [0.5, 0.6) is 0 Å². The van der Waals surface area contributed by atoms with Crippen LogP contribution >= 0.6 is 0 Å². The van der Waals surface area contributed by atoms with Gasteiger partial charge in [-0.3, -0.25) is 38.7 Å². The van der Waals surface area contributed by atoms with Crippen LogP contribution in [0.25, 0.3) is 12.2 Å². The molecule has 0 atom stereocenters. The fourth-order valence-corrected chi connectivity index (χ4v) is 4.02. The quantitative estimate of drug-likeness (QED) is 0.361. The Bertz CT molecular complexity index is 1500. The number of H-pyrrole nitrogens is 2. The molecule has 0 fully saturated rings. The Hall–Kier alpha value is -4.30. The van der Waals surface area contributed by atoms with E-state index in [-0.39, 0.29) is 49.2 Å². The molecule has 0 unspecified atom stereocenters. The Morgan fingerprint density at radius 3 is 1.76 bits per heavy atom. The van der Waals surface area contributed by atoms with Gasteiger partial charge in [0.1, 0.15) is 0 Å². The molecule has 0 saturated carbocycles. The standard InChI is InChI=1S/C13H18N4O4.C11H14N4O2/c1-8-10(12(20)16(14-8)3-5-18)7-11-9(2)15-17(4-6-19)13(11)21;1-6-8(10(16)14(3)12-6)5-9-7(2)13-15(4)11(9)17/h7,14,18-19H,3-6H2,1-2H3;5,12H,1-4H3. The van der Waals surface area contributed by atoms with Gasteiger partial charge in [-0.25, -0.2) is 10.0 Å². The topological polar surface area (TPSA) is 181 Å². The SMILES string of the molecule is CC1=NN(C)C(=O)C1=Cc1c(C)[nH]n(C)c1=O.CC1=NN(CCO)C(=O)C1=Cc1c(C)[nH]n(CCO)c1=O. The van der Waals surface area contributed by atoms with Crippen LogP contribution in [0.4, 0.5) is 0 Å². The van der Waals surface area contributed by atoms with E-state index < -0.39 is 0 Å². The molecule has 0 radical (unpaired) electrons. The number of aliphatic hydroxyl groups excluding tert-OH is 2. The number of hydrazone groups is 2. The third-order valence-electron chi connectivity index (χ3n) is 6.01. The lowest BCUT2D eigenvalue weighted by Crippen LogP contribution is -2.25. The lowest BCUT2D eigenvalue weighted by molar-refractivity contribution is -0.126. The Balaban J connectivity index is 0.000000215. The van der Waals surface area contributed by atoms with Crippen molar-refractivity contribution in [3.05, 3.63) is 54.4 Å². The van der Waals surface area contributed by atoms with Gasteiger partial charge in [-0.2, -0.15) is 10.2 Å². The summed E-state index contributed by atoms with van der Waals surface area (Å²) in [6.45, 7) is 6.90. The van der Waals surface area contributed by atoms with Gasteiger partial charge in [-0.1, -0.05) is 0 Å². The highest BCUT2D eigenvalue weighted by atomic mass is 16.3. The maximum Gasteiger partial charge on any atom is 0.275 e. The highest BCUT2D eigenvalue weighted by Gasteiger charge is 2.28. The minimum atomic E-state index is -0.338. The predicted molar refractivity (Wildman–Crippen MR) is 141 cm³/mol. The van der Waals surface area contributed by atoms with Crippen molar-refractivity contribution in [3.8, 4) is 0 Å². The van der Waals surface area contributed by atoms with Crippen molar-refractivity contribution in [2.75, 3.05) is 26.8 Å². The Labute approximate surface area is 217 Å². The van der Waals surface area contributed by atoms with Crippen molar-refractivity contribution in [2.24, 2.45) is 17.3 Å². The molecule has 0 aliphatic carbocycles. The number of likely N-dealkylation sites (N-methyl/N-ethyl adjacent to an activating group) is 1. The number of nitrogens with zero attached hydrogens (tertiary/aromatic N) is 6. The molecule has 2 amide bonds. The van der Waals surface area contributed by atoms with E-state index >= 15 is 0 Å². The summed E-state index contributed by atoms with van der Waals surface area (Å²) < 4.78 is 2.68. The number of aromatic nitrogens is 4. The summed E-state index contributed by atoms with van der Waals surface area (Å²) >= 11 is 0. The largest absolute Gasteiger partial charge is 0.394 e. The number of aromatic amines is 2. The van der Waals surface area contributed by atoms with Gasteiger partial charge in [0.25, 0.3) is 22.9 Å². The van der Waals surface area contributed by atoms with Crippen molar-refractivity contribution in [1.29, 1.82) is 0 Å². The summed E-state index contributed by atoms with van der Waals surface area (Å²) in [7, 11) is 3.23. The van der Waals surface area contributed by atoms with Crippen molar-refractivity contribution in [1.82, 2.24) is 29.6 Å². The molecule has 0 spiro atoms. The smallest absolute Gasteiger partial charge is 0.275 e. The zero-order valence-corrected chi connectivity index (χ0v) is 22.2. The number of hydrogen-bond acceptors (Lipinski definition) is 8. The van der Waals surface area contributed by atoms with Crippen LogP contribution in [-0.2, 0) is 23.2 Å². The predicted octanol–water partition coefficient (Wildman–Crippen LogP) is -0.676. The third-order valence-corrected chi connectivity index (χ3v) is 6.01. The van der Waals surface area contributed by atoms with E-state index in [0.29, 0.717) is 39.4 Å². The summed E-state index contributed by atoms with van der Waals surface area (Å²) in [4.78, 5) is 47.9. The number of aryl methyl sites for hydroxylation is 3. The van der Waals surface area contributed by atoms with E-state index in [1.807, 2.05) is 0 Å². The number of carbonyl (C=O) groups is 2. The lowest BCUT2D eigenvalue weighted by Gasteiger charge is -2.08. The zero-order chi connectivity index (χ0) is 28.3. The van der Waals surface area contributed by atoms with Crippen molar-refractivity contribution in [3.63, 3.8) is 0 Å². The molecule has 4 rings (SSSR count). The molecule has 2 aliphatic rings. The van der Waals surface area contributed by atoms with Gasteiger partial charge in [-0.15, -0.1) is 0 Å². The molecule has 0 aromatic carbocycles. The number of hydrogen-bond donors (Lipinski definition) is 4. The van der Waals surface area contributed by atoms with E-state index in [1.165, 1.54) is 25.5 Å². The van der Waals surface area contributed by atoms with E-state index in [2.05, 4.69) is 20.4 Å². The van der Waals surface area contributed by atoms with Crippen LogP contribution in [0.15, 0.2) is 30.9 Å². The van der Waals surface area contributed by atoms with Crippen LogP contribution in [0.1, 0.15) is 36.4 Å². The first kappa shape index (κ1) is 28.3. The second kappa shape index (κ2) is 11.4. The van der Waals surface area contributed by atoms with Crippen molar-refractivity contribution < 1.29 is 19.8 Å². The van der Waals surface area contributed by atoms with Crippen molar-refractivity contribution in [2.45, 2.75) is 34.2 Å². The molecule has 0 saturated heterocycles. The van der Waals surface area contributed by atoms with Gasteiger partial charge >= 0.3 is 0 Å². The molecule has 14 heteroatoms. The second-order valence-electron chi connectivity index (χ2n) is 8.81. The molecule has 2 aromatic heterocycles. The number of amides is 2. The summed E-state index contributed by atoms with van der Waals surface area (Å²) in [5.41, 5.74) is 3.70. The first-order chi connectivity index (χ1) is 17.9.